The standard InChI is InChI=1S/C10H14N2O2/c1-5(2)7-8(6-3-4-6)12-9(11-7)10(13)14/h5-6H,3-4H2,1-2H3,(H,11,12)(H,13,14). The monoisotopic (exact) mass is 194 g/mol. The molecule has 1 fully saturated rings. The van der Waals surface area contributed by atoms with Crippen LogP contribution in [-0.4, -0.2) is 21.0 Å². The highest BCUT2D eigenvalue weighted by Crippen LogP contribution is 2.42. The lowest BCUT2D eigenvalue weighted by Crippen LogP contribution is -1.99. The van der Waals surface area contributed by atoms with Crippen LogP contribution in [0.2, 0.25) is 0 Å². The maximum absolute atomic E-state index is 10.7. The molecular formula is C10H14N2O2. The SMILES string of the molecule is CC(C)c1nc(C(=O)O)[nH]c1C1CC1. The van der Waals surface area contributed by atoms with E-state index < -0.39 is 5.97 Å². The third-order valence-electron chi connectivity index (χ3n) is 2.50. The van der Waals surface area contributed by atoms with Crippen LogP contribution >= 0.6 is 0 Å². The molecule has 14 heavy (non-hydrogen) atoms. The van der Waals surface area contributed by atoms with E-state index in [9.17, 15) is 4.79 Å². The molecule has 0 atom stereocenters. The molecule has 1 aliphatic carbocycles. The molecule has 4 heteroatoms. The van der Waals surface area contributed by atoms with Gasteiger partial charge in [-0.15, -0.1) is 0 Å². The highest BCUT2D eigenvalue weighted by molar-refractivity contribution is 5.83. The Morgan fingerprint density at radius 1 is 1.57 bits per heavy atom. The van der Waals surface area contributed by atoms with Gasteiger partial charge in [-0.1, -0.05) is 13.8 Å². The van der Waals surface area contributed by atoms with Crippen molar-refractivity contribution in [3.8, 4) is 0 Å². The van der Waals surface area contributed by atoms with Crippen LogP contribution in [0.5, 0.6) is 0 Å². The number of aromatic carboxylic acids is 1. The van der Waals surface area contributed by atoms with Gasteiger partial charge in [-0.3, -0.25) is 0 Å². The molecule has 1 aromatic rings. The van der Waals surface area contributed by atoms with Gasteiger partial charge in [-0.25, -0.2) is 9.78 Å². The molecule has 0 bridgehead atoms. The van der Waals surface area contributed by atoms with E-state index in [4.69, 9.17) is 5.11 Å². The van der Waals surface area contributed by atoms with E-state index in [2.05, 4.69) is 9.97 Å². The number of hydrogen-bond donors (Lipinski definition) is 2. The molecule has 0 radical (unpaired) electrons. The summed E-state index contributed by atoms with van der Waals surface area (Å²) < 4.78 is 0. The van der Waals surface area contributed by atoms with E-state index in [1.54, 1.807) is 0 Å². The number of carboxylic acids is 1. The van der Waals surface area contributed by atoms with E-state index in [-0.39, 0.29) is 11.7 Å². The van der Waals surface area contributed by atoms with Crippen molar-refractivity contribution in [3.05, 3.63) is 17.2 Å². The summed E-state index contributed by atoms with van der Waals surface area (Å²) in [5.41, 5.74) is 1.96. The lowest BCUT2D eigenvalue weighted by atomic mass is 10.1. The van der Waals surface area contributed by atoms with Gasteiger partial charge in [0.1, 0.15) is 0 Å². The minimum atomic E-state index is -0.973. The Balaban J connectivity index is 2.40. The fraction of sp³-hybridized carbons (Fsp3) is 0.600. The van der Waals surface area contributed by atoms with Crippen molar-refractivity contribution in [2.75, 3.05) is 0 Å². The number of carboxylic acid groups (broad SMARTS) is 1. The van der Waals surface area contributed by atoms with E-state index in [1.807, 2.05) is 13.8 Å². The molecule has 0 spiro atoms. The van der Waals surface area contributed by atoms with E-state index in [1.165, 1.54) is 0 Å². The van der Waals surface area contributed by atoms with Crippen LogP contribution in [0, 0.1) is 0 Å². The Hall–Kier alpha value is -1.32. The average molecular weight is 194 g/mol. The molecule has 1 saturated carbocycles. The highest BCUT2D eigenvalue weighted by atomic mass is 16.4. The number of carbonyl (C=O) groups is 1. The van der Waals surface area contributed by atoms with Gasteiger partial charge in [-0.05, 0) is 18.8 Å². The van der Waals surface area contributed by atoms with Crippen LogP contribution in [0.1, 0.15) is 60.5 Å². The van der Waals surface area contributed by atoms with E-state index >= 15 is 0 Å². The summed E-state index contributed by atoms with van der Waals surface area (Å²) in [6.07, 6.45) is 2.31. The van der Waals surface area contributed by atoms with Gasteiger partial charge in [0.25, 0.3) is 0 Å². The van der Waals surface area contributed by atoms with Gasteiger partial charge in [0.15, 0.2) is 0 Å². The molecule has 0 saturated heterocycles. The van der Waals surface area contributed by atoms with Crippen LogP contribution in [0.3, 0.4) is 0 Å². The van der Waals surface area contributed by atoms with E-state index in [0.29, 0.717) is 5.92 Å². The predicted molar refractivity (Wildman–Crippen MR) is 51.6 cm³/mol. The summed E-state index contributed by atoms with van der Waals surface area (Å²) in [5.74, 6) is -0.0858. The molecule has 0 unspecified atom stereocenters. The Kier molecular flexibility index (Phi) is 2.06. The van der Waals surface area contributed by atoms with Gasteiger partial charge in [0.2, 0.25) is 5.82 Å². The minimum Gasteiger partial charge on any atom is -0.475 e. The molecule has 1 heterocycles. The van der Waals surface area contributed by atoms with Crippen molar-refractivity contribution in [2.45, 2.75) is 38.5 Å². The van der Waals surface area contributed by atoms with Crippen molar-refractivity contribution in [1.29, 1.82) is 0 Å². The fourth-order valence-corrected chi connectivity index (χ4v) is 1.62. The molecule has 4 nitrogen and oxygen atoms in total. The lowest BCUT2D eigenvalue weighted by molar-refractivity contribution is 0.0684. The molecule has 1 aliphatic rings. The van der Waals surface area contributed by atoms with Crippen molar-refractivity contribution in [2.24, 2.45) is 0 Å². The first-order valence-corrected chi connectivity index (χ1v) is 4.92. The smallest absolute Gasteiger partial charge is 0.371 e. The number of hydrogen-bond acceptors (Lipinski definition) is 2. The number of rotatable bonds is 3. The predicted octanol–water partition coefficient (Wildman–Crippen LogP) is 2.11. The third kappa shape index (κ3) is 1.52. The number of aromatic amines is 1. The van der Waals surface area contributed by atoms with Crippen LogP contribution in [0.25, 0.3) is 0 Å². The van der Waals surface area contributed by atoms with Gasteiger partial charge in [0, 0.05) is 11.6 Å². The van der Waals surface area contributed by atoms with E-state index in [0.717, 1.165) is 24.2 Å². The topological polar surface area (TPSA) is 66.0 Å². The summed E-state index contributed by atoms with van der Waals surface area (Å²) in [7, 11) is 0. The number of H-pyrrole nitrogens is 1. The van der Waals surface area contributed by atoms with Crippen LogP contribution < -0.4 is 0 Å². The number of aromatic nitrogens is 2. The largest absolute Gasteiger partial charge is 0.475 e. The zero-order valence-corrected chi connectivity index (χ0v) is 8.37. The van der Waals surface area contributed by atoms with Crippen molar-refractivity contribution in [1.82, 2.24) is 9.97 Å². The summed E-state index contributed by atoms with van der Waals surface area (Å²) in [6, 6.07) is 0. The quantitative estimate of drug-likeness (QED) is 0.774. The summed E-state index contributed by atoms with van der Waals surface area (Å²) in [6.45, 7) is 4.07. The second-order valence-corrected chi connectivity index (χ2v) is 4.12. The fourth-order valence-electron chi connectivity index (χ4n) is 1.62. The second kappa shape index (κ2) is 3.12. The lowest BCUT2D eigenvalue weighted by Gasteiger charge is -2.02. The molecule has 1 aromatic heterocycles. The first kappa shape index (κ1) is 9.24. The molecule has 76 valence electrons. The maximum Gasteiger partial charge on any atom is 0.371 e. The summed E-state index contributed by atoms with van der Waals surface area (Å²) in [4.78, 5) is 17.8. The molecular weight excluding hydrogens is 180 g/mol. The molecule has 0 amide bonds. The van der Waals surface area contributed by atoms with Crippen molar-refractivity contribution < 1.29 is 9.90 Å². The first-order chi connectivity index (χ1) is 6.59. The Morgan fingerprint density at radius 3 is 2.64 bits per heavy atom. The van der Waals surface area contributed by atoms with Gasteiger partial charge >= 0.3 is 5.97 Å². The second-order valence-electron chi connectivity index (χ2n) is 4.12. The molecule has 0 aliphatic heterocycles. The zero-order valence-electron chi connectivity index (χ0n) is 8.37. The van der Waals surface area contributed by atoms with Crippen LogP contribution in [0.4, 0.5) is 0 Å². The Morgan fingerprint density at radius 2 is 2.21 bits per heavy atom. The normalized spacial score (nSPS) is 16.2. The summed E-state index contributed by atoms with van der Waals surface area (Å²) >= 11 is 0. The zero-order chi connectivity index (χ0) is 10.3. The Bertz CT molecular complexity index is 345. The third-order valence-corrected chi connectivity index (χ3v) is 2.50. The van der Waals surface area contributed by atoms with Gasteiger partial charge in [-0.2, -0.15) is 0 Å². The van der Waals surface area contributed by atoms with Gasteiger partial charge in [0.05, 0.1) is 5.69 Å². The van der Waals surface area contributed by atoms with Gasteiger partial charge < -0.3 is 10.1 Å². The molecule has 0 aromatic carbocycles. The van der Waals surface area contributed by atoms with Crippen LogP contribution in [0.15, 0.2) is 0 Å². The average Bonchev–Trinajstić information content (AvgIpc) is 2.83. The van der Waals surface area contributed by atoms with Crippen LogP contribution in [-0.2, 0) is 0 Å². The minimum absolute atomic E-state index is 0.0793. The summed E-state index contributed by atoms with van der Waals surface area (Å²) in [5, 5.41) is 8.81. The number of nitrogens with zero attached hydrogens (tertiary/aromatic N) is 1. The van der Waals surface area contributed by atoms with Crippen molar-refractivity contribution in [3.63, 3.8) is 0 Å². The first-order valence-electron chi connectivity index (χ1n) is 4.92. The number of imidazole rings is 1. The molecule has 2 N–H and O–H groups in total. The molecule has 2 rings (SSSR count). The highest BCUT2D eigenvalue weighted by Gasteiger charge is 2.30. The maximum atomic E-state index is 10.7. The van der Waals surface area contributed by atoms with Crippen molar-refractivity contribution >= 4 is 5.97 Å². The number of nitrogens with one attached hydrogen (secondary N) is 1. The Labute approximate surface area is 82.4 Å².